The number of rotatable bonds is 3. The van der Waals surface area contributed by atoms with Crippen LogP contribution in [0.25, 0.3) is 10.9 Å². The first-order chi connectivity index (χ1) is 12.1. The predicted octanol–water partition coefficient (Wildman–Crippen LogP) is 5.43. The van der Waals surface area contributed by atoms with E-state index >= 15 is 0 Å². The number of benzene rings is 2. The van der Waals surface area contributed by atoms with Gasteiger partial charge in [0, 0.05) is 34.5 Å². The Hall–Kier alpha value is -2.07. The summed E-state index contributed by atoms with van der Waals surface area (Å²) >= 11 is 3.39. The second-order valence-corrected chi connectivity index (χ2v) is 7.62. The Morgan fingerprint density at radius 1 is 1.12 bits per heavy atom. The van der Waals surface area contributed by atoms with Gasteiger partial charge in [0.15, 0.2) is 0 Å². The fourth-order valence-corrected chi connectivity index (χ4v) is 4.15. The lowest BCUT2D eigenvalue weighted by molar-refractivity contribution is 0.0279. The van der Waals surface area contributed by atoms with Gasteiger partial charge in [0.1, 0.15) is 6.10 Å². The number of esters is 1. The Bertz CT molecular complexity index is 913. The number of fused-ring (bicyclic) bond motifs is 1. The number of hydrogen-bond acceptors (Lipinski definition) is 2. The molecule has 1 aliphatic carbocycles. The minimum Gasteiger partial charge on any atom is -0.458 e. The number of carbonyl (C=O) groups is 1. The Balaban J connectivity index is 1.60. The molecule has 2 aromatic carbocycles. The third kappa shape index (κ3) is 3.11. The van der Waals surface area contributed by atoms with Crippen molar-refractivity contribution >= 4 is 32.8 Å². The smallest absolute Gasteiger partial charge is 0.338 e. The van der Waals surface area contributed by atoms with Gasteiger partial charge in [-0.2, -0.15) is 0 Å². The largest absolute Gasteiger partial charge is 0.458 e. The lowest BCUT2D eigenvalue weighted by atomic mass is 9.95. The molecule has 1 fully saturated rings. The molecule has 0 saturated heterocycles. The molecule has 1 saturated carbocycles. The van der Waals surface area contributed by atoms with Crippen molar-refractivity contribution in [3.8, 4) is 0 Å². The summed E-state index contributed by atoms with van der Waals surface area (Å²) in [6, 6.07) is 15.8. The number of nitrogens with zero attached hydrogens (tertiary/aromatic N) is 1. The zero-order valence-corrected chi connectivity index (χ0v) is 15.7. The van der Waals surface area contributed by atoms with Crippen LogP contribution in [0.15, 0.2) is 59.2 Å². The Labute approximate surface area is 155 Å². The van der Waals surface area contributed by atoms with Crippen molar-refractivity contribution in [1.82, 2.24) is 4.57 Å². The zero-order chi connectivity index (χ0) is 17.4. The van der Waals surface area contributed by atoms with Crippen molar-refractivity contribution < 1.29 is 9.53 Å². The summed E-state index contributed by atoms with van der Waals surface area (Å²) in [4.78, 5) is 12.5. The molecule has 0 spiro atoms. The molecular formula is C21H20BrNO2. The lowest BCUT2D eigenvalue weighted by Crippen LogP contribution is -2.21. The summed E-state index contributed by atoms with van der Waals surface area (Å²) < 4.78 is 9.02. The van der Waals surface area contributed by atoms with Crippen LogP contribution in [0, 0.1) is 0 Å². The number of ether oxygens (including phenoxy) is 1. The first-order valence-corrected chi connectivity index (χ1v) is 9.43. The average molecular weight is 398 g/mol. The molecule has 2 atom stereocenters. The molecule has 0 amide bonds. The van der Waals surface area contributed by atoms with Gasteiger partial charge in [-0.1, -0.05) is 34.1 Å². The first kappa shape index (κ1) is 16.4. The highest BCUT2D eigenvalue weighted by Crippen LogP contribution is 2.40. The van der Waals surface area contributed by atoms with E-state index in [1.54, 1.807) is 12.1 Å². The second kappa shape index (κ2) is 6.68. The summed E-state index contributed by atoms with van der Waals surface area (Å²) in [6.07, 6.45) is 5.22. The van der Waals surface area contributed by atoms with Gasteiger partial charge >= 0.3 is 5.97 Å². The van der Waals surface area contributed by atoms with E-state index in [4.69, 9.17) is 4.74 Å². The van der Waals surface area contributed by atoms with E-state index in [9.17, 15) is 4.79 Å². The Kier molecular flexibility index (Phi) is 4.38. The van der Waals surface area contributed by atoms with Crippen molar-refractivity contribution in [1.29, 1.82) is 0 Å². The number of halogens is 1. The van der Waals surface area contributed by atoms with Gasteiger partial charge < -0.3 is 9.30 Å². The molecule has 0 unspecified atom stereocenters. The van der Waals surface area contributed by atoms with Crippen molar-refractivity contribution in [3.05, 3.63) is 70.3 Å². The molecule has 1 heterocycles. The van der Waals surface area contributed by atoms with Crippen LogP contribution >= 0.6 is 15.9 Å². The molecule has 0 aliphatic heterocycles. The number of para-hydroxylation sites is 1. The van der Waals surface area contributed by atoms with Gasteiger partial charge in [-0.05, 0) is 55.2 Å². The summed E-state index contributed by atoms with van der Waals surface area (Å²) in [5.74, 6) is 0.0372. The van der Waals surface area contributed by atoms with E-state index < -0.39 is 0 Å². The van der Waals surface area contributed by atoms with E-state index in [1.165, 1.54) is 16.5 Å². The van der Waals surface area contributed by atoms with E-state index in [2.05, 4.69) is 58.0 Å². The first-order valence-electron chi connectivity index (χ1n) is 8.64. The SMILES string of the molecule is Cn1cc([C@@H]2CCC[C@@H]2OC(=O)c2ccc(Br)cc2)c2ccccc21. The van der Waals surface area contributed by atoms with E-state index in [0.29, 0.717) is 5.56 Å². The fraction of sp³-hybridized carbons (Fsp3) is 0.286. The number of carbonyl (C=O) groups excluding carboxylic acids is 1. The van der Waals surface area contributed by atoms with Crippen LogP contribution in [0.4, 0.5) is 0 Å². The number of hydrogen-bond donors (Lipinski definition) is 0. The minimum absolute atomic E-state index is 0.0537. The molecule has 25 heavy (non-hydrogen) atoms. The Morgan fingerprint density at radius 2 is 1.88 bits per heavy atom. The van der Waals surface area contributed by atoms with Crippen molar-refractivity contribution in [2.24, 2.45) is 7.05 Å². The van der Waals surface area contributed by atoms with E-state index in [1.807, 2.05) is 12.1 Å². The zero-order valence-electron chi connectivity index (χ0n) is 14.1. The van der Waals surface area contributed by atoms with Crippen LogP contribution in [0.5, 0.6) is 0 Å². The summed E-state index contributed by atoms with van der Waals surface area (Å²) in [5.41, 5.74) is 3.12. The summed E-state index contributed by atoms with van der Waals surface area (Å²) in [7, 11) is 2.07. The molecule has 4 heteroatoms. The molecule has 0 radical (unpaired) electrons. The van der Waals surface area contributed by atoms with Crippen molar-refractivity contribution in [2.75, 3.05) is 0 Å². The van der Waals surface area contributed by atoms with Gasteiger partial charge in [-0.15, -0.1) is 0 Å². The quantitative estimate of drug-likeness (QED) is 0.551. The molecule has 128 valence electrons. The lowest BCUT2D eigenvalue weighted by Gasteiger charge is -2.20. The molecule has 3 aromatic rings. The highest BCUT2D eigenvalue weighted by molar-refractivity contribution is 9.10. The molecule has 4 rings (SSSR count). The van der Waals surface area contributed by atoms with Crippen LogP contribution in [0.2, 0.25) is 0 Å². The van der Waals surface area contributed by atoms with Gasteiger partial charge in [-0.3, -0.25) is 0 Å². The third-order valence-electron chi connectivity index (χ3n) is 5.12. The predicted molar refractivity (Wildman–Crippen MR) is 103 cm³/mol. The fourth-order valence-electron chi connectivity index (χ4n) is 3.88. The molecule has 3 nitrogen and oxygen atoms in total. The maximum atomic E-state index is 12.5. The van der Waals surface area contributed by atoms with Crippen molar-refractivity contribution in [2.45, 2.75) is 31.3 Å². The summed E-state index contributed by atoms with van der Waals surface area (Å²) in [6.45, 7) is 0. The maximum Gasteiger partial charge on any atom is 0.338 e. The normalized spacial score (nSPS) is 20.1. The second-order valence-electron chi connectivity index (χ2n) is 6.70. The van der Waals surface area contributed by atoms with Crippen LogP contribution in [-0.2, 0) is 11.8 Å². The Morgan fingerprint density at radius 3 is 2.68 bits per heavy atom. The van der Waals surface area contributed by atoms with Crippen LogP contribution in [-0.4, -0.2) is 16.6 Å². The number of aromatic nitrogens is 1. The van der Waals surface area contributed by atoms with Crippen LogP contribution < -0.4 is 0 Å². The van der Waals surface area contributed by atoms with Crippen LogP contribution in [0.1, 0.15) is 41.1 Å². The van der Waals surface area contributed by atoms with Gasteiger partial charge in [0.25, 0.3) is 0 Å². The standard InChI is InChI=1S/C21H20BrNO2/c1-23-13-18(16-5-2-3-7-19(16)23)17-6-4-8-20(17)25-21(24)14-9-11-15(22)12-10-14/h2-3,5,7,9-13,17,20H,4,6,8H2,1H3/t17-,20-/m0/s1. The van der Waals surface area contributed by atoms with E-state index in [0.717, 1.165) is 23.7 Å². The third-order valence-corrected chi connectivity index (χ3v) is 5.65. The molecule has 1 aromatic heterocycles. The molecule has 0 bridgehead atoms. The topological polar surface area (TPSA) is 31.2 Å². The minimum atomic E-state index is -0.232. The molecular weight excluding hydrogens is 378 g/mol. The highest BCUT2D eigenvalue weighted by Gasteiger charge is 2.33. The molecule has 0 N–H and O–H groups in total. The summed E-state index contributed by atoms with van der Waals surface area (Å²) in [5, 5.41) is 1.27. The van der Waals surface area contributed by atoms with Gasteiger partial charge in [0.2, 0.25) is 0 Å². The van der Waals surface area contributed by atoms with Crippen molar-refractivity contribution in [3.63, 3.8) is 0 Å². The number of aryl methyl sites for hydroxylation is 1. The van der Waals surface area contributed by atoms with Crippen LogP contribution in [0.3, 0.4) is 0 Å². The van der Waals surface area contributed by atoms with E-state index in [-0.39, 0.29) is 18.0 Å². The van der Waals surface area contributed by atoms with Gasteiger partial charge in [-0.25, -0.2) is 4.79 Å². The average Bonchev–Trinajstić information content (AvgIpc) is 3.20. The highest BCUT2D eigenvalue weighted by atomic mass is 79.9. The maximum absolute atomic E-state index is 12.5. The van der Waals surface area contributed by atoms with Gasteiger partial charge in [0.05, 0.1) is 5.56 Å². The molecule has 1 aliphatic rings. The monoisotopic (exact) mass is 397 g/mol.